The van der Waals surface area contributed by atoms with Crippen LogP contribution in [-0.2, 0) is 11.2 Å². The number of carbonyl (C=O) groups excluding carboxylic acids is 1. The van der Waals surface area contributed by atoms with Crippen LogP contribution in [0.1, 0.15) is 19.4 Å². The maximum absolute atomic E-state index is 11.6. The quantitative estimate of drug-likeness (QED) is 0.907. The highest BCUT2D eigenvalue weighted by Gasteiger charge is 2.08. The average Bonchev–Trinajstić information content (AvgIpc) is 2.22. The summed E-state index contributed by atoms with van der Waals surface area (Å²) in [6.45, 7) is 4.84. The summed E-state index contributed by atoms with van der Waals surface area (Å²) in [7, 11) is 0. The van der Waals surface area contributed by atoms with Gasteiger partial charge in [-0.1, -0.05) is 37.6 Å². The SMILES string of the molecule is CC(C)CNC(=O)Cc1cccc(Cl)c1Br. The minimum absolute atomic E-state index is 0.0247. The lowest BCUT2D eigenvalue weighted by Crippen LogP contribution is -2.28. The van der Waals surface area contributed by atoms with Gasteiger partial charge >= 0.3 is 0 Å². The molecule has 0 saturated heterocycles. The summed E-state index contributed by atoms with van der Waals surface area (Å²) in [5, 5.41) is 3.51. The second kappa shape index (κ2) is 6.26. The van der Waals surface area contributed by atoms with Gasteiger partial charge in [-0.3, -0.25) is 4.79 Å². The monoisotopic (exact) mass is 303 g/mol. The van der Waals surface area contributed by atoms with Gasteiger partial charge in [-0.15, -0.1) is 0 Å². The lowest BCUT2D eigenvalue weighted by molar-refractivity contribution is -0.120. The van der Waals surface area contributed by atoms with Crippen LogP contribution in [0.15, 0.2) is 22.7 Å². The molecule has 1 aromatic rings. The van der Waals surface area contributed by atoms with Gasteiger partial charge in [0.15, 0.2) is 0 Å². The predicted molar refractivity (Wildman–Crippen MR) is 70.7 cm³/mol. The molecule has 0 heterocycles. The van der Waals surface area contributed by atoms with Crippen molar-refractivity contribution in [3.63, 3.8) is 0 Å². The lowest BCUT2D eigenvalue weighted by Gasteiger charge is -2.09. The summed E-state index contributed by atoms with van der Waals surface area (Å²) in [6.07, 6.45) is 0.355. The zero-order valence-corrected chi connectivity index (χ0v) is 11.7. The van der Waals surface area contributed by atoms with Crippen molar-refractivity contribution in [1.82, 2.24) is 5.32 Å². The number of rotatable bonds is 4. The Bertz CT molecular complexity index is 379. The van der Waals surface area contributed by atoms with Gasteiger partial charge in [0.25, 0.3) is 0 Å². The molecule has 0 bridgehead atoms. The van der Waals surface area contributed by atoms with Crippen LogP contribution in [0.3, 0.4) is 0 Å². The topological polar surface area (TPSA) is 29.1 Å². The van der Waals surface area contributed by atoms with E-state index in [2.05, 4.69) is 35.1 Å². The van der Waals surface area contributed by atoms with Crippen LogP contribution in [0.2, 0.25) is 5.02 Å². The number of amides is 1. The number of hydrogen-bond acceptors (Lipinski definition) is 1. The Kier molecular flexibility index (Phi) is 5.29. The molecule has 0 aromatic heterocycles. The van der Waals surface area contributed by atoms with Crippen LogP contribution in [0.4, 0.5) is 0 Å². The van der Waals surface area contributed by atoms with Crippen LogP contribution >= 0.6 is 27.5 Å². The molecule has 88 valence electrons. The first-order chi connectivity index (χ1) is 7.50. The van der Waals surface area contributed by atoms with Crippen LogP contribution < -0.4 is 5.32 Å². The van der Waals surface area contributed by atoms with E-state index in [4.69, 9.17) is 11.6 Å². The van der Waals surface area contributed by atoms with Gasteiger partial charge in [0.05, 0.1) is 11.4 Å². The Hall–Kier alpha value is -0.540. The van der Waals surface area contributed by atoms with E-state index in [1.165, 1.54) is 0 Å². The fraction of sp³-hybridized carbons (Fsp3) is 0.417. The van der Waals surface area contributed by atoms with Crippen LogP contribution in [-0.4, -0.2) is 12.5 Å². The maximum atomic E-state index is 11.6. The molecule has 1 N–H and O–H groups in total. The fourth-order valence-electron chi connectivity index (χ4n) is 1.24. The molecule has 16 heavy (non-hydrogen) atoms. The van der Waals surface area contributed by atoms with Gasteiger partial charge in [0.1, 0.15) is 0 Å². The molecule has 4 heteroatoms. The first-order valence-electron chi connectivity index (χ1n) is 5.20. The van der Waals surface area contributed by atoms with E-state index in [-0.39, 0.29) is 5.91 Å². The summed E-state index contributed by atoms with van der Waals surface area (Å²) in [6, 6.07) is 5.53. The first kappa shape index (κ1) is 13.5. The van der Waals surface area contributed by atoms with Crippen LogP contribution in [0.5, 0.6) is 0 Å². The Morgan fingerprint density at radius 2 is 2.19 bits per heavy atom. The number of nitrogens with one attached hydrogen (secondary N) is 1. The van der Waals surface area contributed by atoms with E-state index in [1.807, 2.05) is 12.1 Å². The molecule has 0 saturated carbocycles. The van der Waals surface area contributed by atoms with Gasteiger partial charge < -0.3 is 5.32 Å². The third-order valence-electron chi connectivity index (χ3n) is 2.09. The Morgan fingerprint density at radius 1 is 1.50 bits per heavy atom. The molecule has 0 fully saturated rings. The third kappa shape index (κ3) is 4.14. The molecular formula is C12H15BrClNO. The summed E-state index contributed by atoms with van der Waals surface area (Å²) in [4.78, 5) is 11.6. The van der Waals surface area contributed by atoms with E-state index in [0.29, 0.717) is 23.9 Å². The van der Waals surface area contributed by atoms with Crippen LogP contribution in [0.25, 0.3) is 0 Å². The van der Waals surface area contributed by atoms with Crippen LogP contribution in [0, 0.1) is 5.92 Å². The molecule has 2 nitrogen and oxygen atoms in total. The Labute approximate surface area is 110 Å². The highest BCUT2D eigenvalue weighted by Crippen LogP contribution is 2.26. The van der Waals surface area contributed by atoms with Crippen molar-refractivity contribution in [3.05, 3.63) is 33.3 Å². The highest BCUT2D eigenvalue weighted by molar-refractivity contribution is 9.10. The van der Waals surface area contributed by atoms with Crippen molar-refractivity contribution in [2.45, 2.75) is 20.3 Å². The van der Waals surface area contributed by atoms with E-state index in [9.17, 15) is 4.79 Å². The summed E-state index contributed by atoms with van der Waals surface area (Å²) in [5.74, 6) is 0.489. The predicted octanol–water partition coefficient (Wildman–Crippen LogP) is 3.42. The second-order valence-electron chi connectivity index (χ2n) is 4.09. The van der Waals surface area contributed by atoms with Gasteiger partial charge in [-0.2, -0.15) is 0 Å². The molecular weight excluding hydrogens is 289 g/mol. The van der Waals surface area contributed by atoms with Gasteiger partial charge in [-0.05, 0) is 33.5 Å². The standard InChI is InChI=1S/C12H15BrClNO/c1-8(2)7-15-11(16)6-9-4-3-5-10(14)12(9)13/h3-5,8H,6-7H2,1-2H3,(H,15,16). The molecule has 0 aliphatic heterocycles. The molecule has 1 amide bonds. The first-order valence-corrected chi connectivity index (χ1v) is 6.37. The van der Waals surface area contributed by atoms with Crippen molar-refractivity contribution < 1.29 is 4.79 Å². The van der Waals surface area contributed by atoms with Gasteiger partial charge in [0.2, 0.25) is 5.91 Å². The van der Waals surface area contributed by atoms with E-state index < -0.39 is 0 Å². The second-order valence-corrected chi connectivity index (χ2v) is 5.29. The van der Waals surface area contributed by atoms with E-state index in [0.717, 1.165) is 10.0 Å². The number of carbonyl (C=O) groups is 1. The fourth-order valence-corrected chi connectivity index (χ4v) is 1.84. The largest absolute Gasteiger partial charge is 0.356 e. The smallest absolute Gasteiger partial charge is 0.224 e. The van der Waals surface area contributed by atoms with Crippen molar-refractivity contribution in [3.8, 4) is 0 Å². The van der Waals surface area contributed by atoms with Crippen molar-refractivity contribution in [2.24, 2.45) is 5.92 Å². The Balaban J connectivity index is 2.59. The lowest BCUT2D eigenvalue weighted by atomic mass is 10.1. The number of benzene rings is 1. The average molecular weight is 305 g/mol. The van der Waals surface area contributed by atoms with Crippen molar-refractivity contribution >= 4 is 33.4 Å². The summed E-state index contributed by atoms with van der Waals surface area (Å²) in [5.41, 5.74) is 0.911. The van der Waals surface area contributed by atoms with E-state index in [1.54, 1.807) is 6.07 Å². The molecule has 0 spiro atoms. The molecule has 0 unspecified atom stereocenters. The molecule has 0 aliphatic rings. The summed E-state index contributed by atoms with van der Waals surface area (Å²) >= 11 is 9.32. The molecule has 0 aliphatic carbocycles. The van der Waals surface area contributed by atoms with E-state index >= 15 is 0 Å². The minimum Gasteiger partial charge on any atom is -0.356 e. The minimum atomic E-state index is 0.0247. The normalized spacial score (nSPS) is 10.6. The zero-order valence-electron chi connectivity index (χ0n) is 9.39. The van der Waals surface area contributed by atoms with Crippen molar-refractivity contribution in [2.75, 3.05) is 6.54 Å². The molecule has 1 rings (SSSR count). The van der Waals surface area contributed by atoms with Gasteiger partial charge in [0, 0.05) is 11.0 Å². The number of halogens is 2. The van der Waals surface area contributed by atoms with Crippen molar-refractivity contribution in [1.29, 1.82) is 0 Å². The Morgan fingerprint density at radius 3 is 2.81 bits per heavy atom. The zero-order chi connectivity index (χ0) is 12.1. The third-order valence-corrected chi connectivity index (χ3v) is 3.57. The number of hydrogen-bond donors (Lipinski definition) is 1. The molecule has 0 radical (unpaired) electrons. The maximum Gasteiger partial charge on any atom is 0.224 e. The highest BCUT2D eigenvalue weighted by atomic mass is 79.9. The molecule has 1 aromatic carbocycles. The van der Waals surface area contributed by atoms with Gasteiger partial charge in [-0.25, -0.2) is 0 Å². The summed E-state index contributed by atoms with van der Waals surface area (Å²) < 4.78 is 0.802. The molecule has 0 atom stereocenters.